The number of hydrogen-bond acceptors (Lipinski definition) is 7. The molecule has 0 radical (unpaired) electrons. The molecule has 9 nitrogen and oxygen atoms in total. The van der Waals surface area contributed by atoms with Crippen LogP contribution in [0.1, 0.15) is 56.2 Å². The van der Waals surface area contributed by atoms with E-state index in [0.717, 1.165) is 0 Å². The summed E-state index contributed by atoms with van der Waals surface area (Å²) in [5, 5.41) is 4.52. The van der Waals surface area contributed by atoms with E-state index in [4.69, 9.17) is 9.47 Å². The number of fused-ring (bicyclic) bond motifs is 3. The molecule has 10 heteroatoms. The number of ether oxygens (including phenoxy) is 2. The normalized spacial score (nSPS) is 19.2. The Morgan fingerprint density at radius 3 is 2.62 bits per heavy atom. The lowest BCUT2D eigenvalue weighted by atomic mass is 10.0. The lowest BCUT2D eigenvalue weighted by Crippen LogP contribution is -2.35. The Hall–Kier alpha value is -2.88. The lowest BCUT2D eigenvalue weighted by Gasteiger charge is -2.25. The van der Waals surface area contributed by atoms with Gasteiger partial charge < -0.3 is 14.4 Å². The first kappa shape index (κ1) is 22.3. The standard InChI is InChI=1S/C22H27N3O6S/c1-5-30-20(26)18-16-13-32(28,29)17-9-7-6-8-15(17)19(16)25(23-18)14-10-11-24(12-14)21(27)31-22(2,3)4/h6-9,14H,5,10-13H2,1-4H3. The molecule has 1 saturated heterocycles. The van der Waals surface area contributed by atoms with E-state index in [0.29, 0.717) is 36.3 Å². The van der Waals surface area contributed by atoms with Gasteiger partial charge in [0.2, 0.25) is 0 Å². The van der Waals surface area contributed by atoms with Crippen LogP contribution in [0, 0.1) is 0 Å². The minimum absolute atomic E-state index is 0.00986. The first-order chi connectivity index (χ1) is 15.0. The van der Waals surface area contributed by atoms with E-state index < -0.39 is 27.5 Å². The molecule has 32 heavy (non-hydrogen) atoms. The van der Waals surface area contributed by atoms with Crippen molar-refractivity contribution >= 4 is 21.9 Å². The molecule has 0 bridgehead atoms. The van der Waals surface area contributed by atoms with E-state index in [1.807, 2.05) is 20.8 Å². The van der Waals surface area contributed by atoms with Crippen LogP contribution >= 0.6 is 0 Å². The van der Waals surface area contributed by atoms with E-state index in [1.165, 1.54) is 0 Å². The average molecular weight is 462 g/mol. The number of aromatic nitrogens is 2. The number of carbonyl (C=O) groups excluding carboxylic acids is 2. The molecule has 2 aliphatic heterocycles. The van der Waals surface area contributed by atoms with Crippen molar-refractivity contribution in [1.82, 2.24) is 14.7 Å². The van der Waals surface area contributed by atoms with Gasteiger partial charge in [0, 0.05) is 24.2 Å². The van der Waals surface area contributed by atoms with Crippen LogP contribution in [0.4, 0.5) is 4.79 Å². The maximum absolute atomic E-state index is 12.9. The molecule has 1 atom stereocenters. The summed E-state index contributed by atoms with van der Waals surface area (Å²) in [6.45, 7) is 8.09. The second kappa shape index (κ2) is 7.91. The van der Waals surface area contributed by atoms with Gasteiger partial charge in [-0.05, 0) is 40.2 Å². The van der Waals surface area contributed by atoms with Crippen LogP contribution in [0.3, 0.4) is 0 Å². The van der Waals surface area contributed by atoms with Crippen molar-refractivity contribution in [3.8, 4) is 11.3 Å². The summed E-state index contributed by atoms with van der Waals surface area (Å²) in [7, 11) is -3.63. The maximum Gasteiger partial charge on any atom is 0.410 e. The van der Waals surface area contributed by atoms with Crippen LogP contribution in [0.2, 0.25) is 0 Å². The number of likely N-dealkylation sites (tertiary alicyclic amines) is 1. The molecule has 1 aromatic carbocycles. The van der Waals surface area contributed by atoms with E-state index in [2.05, 4.69) is 5.10 Å². The van der Waals surface area contributed by atoms with Crippen LogP contribution < -0.4 is 0 Å². The van der Waals surface area contributed by atoms with Gasteiger partial charge in [-0.2, -0.15) is 5.10 Å². The second-order valence-electron chi connectivity index (χ2n) is 8.96. The van der Waals surface area contributed by atoms with Crippen LogP contribution in [-0.2, 0) is 25.1 Å². The molecule has 1 amide bonds. The van der Waals surface area contributed by atoms with Gasteiger partial charge in [0.05, 0.1) is 29.0 Å². The van der Waals surface area contributed by atoms with Gasteiger partial charge in [-0.1, -0.05) is 18.2 Å². The Labute approximate surface area is 187 Å². The molecule has 4 rings (SSSR count). The Morgan fingerprint density at radius 2 is 1.94 bits per heavy atom. The number of hydrogen-bond donors (Lipinski definition) is 0. The lowest BCUT2D eigenvalue weighted by molar-refractivity contribution is 0.0287. The molecule has 1 fully saturated rings. The van der Waals surface area contributed by atoms with Crippen molar-refractivity contribution in [2.75, 3.05) is 19.7 Å². The van der Waals surface area contributed by atoms with Gasteiger partial charge in [0.25, 0.3) is 0 Å². The zero-order valence-electron chi connectivity index (χ0n) is 18.6. The first-order valence-corrected chi connectivity index (χ1v) is 12.3. The largest absolute Gasteiger partial charge is 0.461 e. The molecule has 2 aliphatic rings. The molecule has 1 unspecified atom stereocenters. The molecule has 1 aromatic heterocycles. The highest BCUT2D eigenvalue weighted by atomic mass is 32.2. The summed E-state index contributed by atoms with van der Waals surface area (Å²) in [5.74, 6) is -0.977. The maximum atomic E-state index is 12.9. The number of benzene rings is 1. The number of rotatable bonds is 3. The summed E-state index contributed by atoms with van der Waals surface area (Å²) in [5.41, 5.74) is 0.847. The Bertz CT molecular complexity index is 1180. The fourth-order valence-electron chi connectivity index (χ4n) is 4.15. The van der Waals surface area contributed by atoms with Crippen molar-refractivity contribution in [1.29, 1.82) is 0 Å². The molecular formula is C22H27N3O6S. The fourth-order valence-corrected chi connectivity index (χ4v) is 5.75. The van der Waals surface area contributed by atoms with Gasteiger partial charge >= 0.3 is 12.1 Å². The topological polar surface area (TPSA) is 108 Å². The number of carbonyl (C=O) groups is 2. The quantitative estimate of drug-likeness (QED) is 0.646. The fraction of sp³-hybridized carbons (Fsp3) is 0.500. The Balaban J connectivity index is 1.77. The smallest absolute Gasteiger partial charge is 0.410 e. The highest BCUT2D eigenvalue weighted by Crippen LogP contribution is 2.41. The zero-order valence-corrected chi connectivity index (χ0v) is 19.4. The molecule has 3 heterocycles. The van der Waals surface area contributed by atoms with E-state index in [-0.39, 0.29) is 29.0 Å². The third kappa shape index (κ3) is 3.99. The zero-order chi connectivity index (χ0) is 23.3. The van der Waals surface area contributed by atoms with Gasteiger partial charge in [-0.3, -0.25) is 4.68 Å². The monoisotopic (exact) mass is 461 g/mol. The summed E-state index contributed by atoms with van der Waals surface area (Å²) < 4.78 is 38.2. The van der Waals surface area contributed by atoms with Crippen LogP contribution in [0.5, 0.6) is 0 Å². The number of nitrogens with zero attached hydrogens (tertiary/aromatic N) is 3. The number of sulfone groups is 1. The van der Waals surface area contributed by atoms with Gasteiger partial charge in [-0.15, -0.1) is 0 Å². The molecule has 0 spiro atoms. The number of amides is 1. The molecule has 0 aliphatic carbocycles. The molecular weight excluding hydrogens is 434 g/mol. The SMILES string of the molecule is CCOC(=O)c1nn(C2CCN(C(=O)OC(C)(C)C)C2)c2c1CS(=O)(=O)c1ccccc1-2. The molecule has 0 saturated carbocycles. The Morgan fingerprint density at radius 1 is 1.22 bits per heavy atom. The molecule has 0 N–H and O–H groups in total. The highest BCUT2D eigenvalue weighted by Gasteiger charge is 2.39. The predicted octanol–water partition coefficient (Wildman–Crippen LogP) is 3.20. The van der Waals surface area contributed by atoms with Gasteiger partial charge in [0.15, 0.2) is 15.5 Å². The van der Waals surface area contributed by atoms with E-state index in [1.54, 1.807) is 40.8 Å². The summed E-state index contributed by atoms with van der Waals surface area (Å²) >= 11 is 0. The summed E-state index contributed by atoms with van der Waals surface area (Å²) in [4.78, 5) is 27.0. The molecule has 172 valence electrons. The van der Waals surface area contributed by atoms with Crippen LogP contribution in [0.15, 0.2) is 29.2 Å². The first-order valence-electron chi connectivity index (χ1n) is 10.6. The van der Waals surface area contributed by atoms with Crippen molar-refractivity contribution in [2.45, 2.75) is 56.4 Å². The van der Waals surface area contributed by atoms with Gasteiger partial charge in [0.1, 0.15) is 5.60 Å². The van der Waals surface area contributed by atoms with Crippen molar-refractivity contribution in [3.05, 3.63) is 35.5 Å². The number of esters is 1. The van der Waals surface area contributed by atoms with E-state index >= 15 is 0 Å². The third-order valence-electron chi connectivity index (χ3n) is 5.45. The van der Waals surface area contributed by atoms with Crippen molar-refractivity contribution < 1.29 is 27.5 Å². The third-order valence-corrected chi connectivity index (χ3v) is 7.14. The minimum Gasteiger partial charge on any atom is -0.461 e. The summed E-state index contributed by atoms with van der Waals surface area (Å²) in [6.07, 6.45) is 0.194. The average Bonchev–Trinajstić information content (AvgIpc) is 3.31. The Kier molecular flexibility index (Phi) is 5.52. The minimum atomic E-state index is -3.63. The van der Waals surface area contributed by atoms with Crippen LogP contribution in [-0.4, -0.2) is 60.5 Å². The highest BCUT2D eigenvalue weighted by molar-refractivity contribution is 7.90. The van der Waals surface area contributed by atoms with Gasteiger partial charge in [-0.25, -0.2) is 18.0 Å². The second-order valence-corrected chi connectivity index (χ2v) is 10.9. The molecule has 2 aromatic rings. The van der Waals surface area contributed by atoms with E-state index in [9.17, 15) is 18.0 Å². The van der Waals surface area contributed by atoms with Crippen molar-refractivity contribution in [3.63, 3.8) is 0 Å². The van der Waals surface area contributed by atoms with Crippen molar-refractivity contribution in [2.24, 2.45) is 0 Å². The summed E-state index contributed by atoms with van der Waals surface area (Å²) in [6, 6.07) is 6.49. The van der Waals surface area contributed by atoms with Crippen LogP contribution in [0.25, 0.3) is 11.3 Å². The predicted molar refractivity (Wildman–Crippen MR) is 116 cm³/mol.